The average molecular weight is 259 g/mol. The van der Waals surface area contributed by atoms with Crippen LogP contribution in [-0.2, 0) is 14.3 Å². The Morgan fingerprint density at radius 2 is 2.00 bits per heavy atom. The fourth-order valence-electron chi connectivity index (χ4n) is 1.64. The van der Waals surface area contributed by atoms with Gasteiger partial charge in [0.25, 0.3) is 5.91 Å². The second-order valence-corrected chi connectivity index (χ2v) is 5.25. The van der Waals surface area contributed by atoms with Crippen molar-refractivity contribution in [3.05, 3.63) is 0 Å². The molecule has 4 N–H and O–H groups in total. The van der Waals surface area contributed by atoms with Crippen LogP contribution in [0.4, 0.5) is 4.79 Å². The molecule has 2 atom stereocenters. The van der Waals surface area contributed by atoms with Gasteiger partial charge < -0.3 is 14.8 Å². The Bertz CT molecular complexity index is 306. The van der Waals surface area contributed by atoms with Crippen molar-refractivity contribution in [3.63, 3.8) is 0 Å². The van der Waals surface area contributed by atoms with Crippen molar-refractivity contribution >= 4 is 12.0 Å². The monoisotopic (exact) mass is 259 g/mol. The van der Waals surface area contributed by atoms with E-state index in [2.05, 4.69) is 5.32 Å². The molecule has 0 saturated carbocycles. The Labute approximate surface area is 106 Å². The minimum atomic E-state index is -0.535. The molecule has 104 valence electrons. The highest BCUT2D eigenvalue weighted by atomic mass is 16.6. The fourth-order valence-corrected chi connectivity index (χ4v) is 1.64. The van der Waals surface area contributed by atoms with E-state index in [1.54, 1.807) is 20.8 Å². The van der Waals surface area contributed by atoms with Gasteiger partial charge in [-0.2, -0.15) is 0 Å². The number of hydrogen-bond acceptors (Lipinski definition) is 5. The molecule has 0 aliphatic carbocycles. The first-order chi connectivity index (χ1) is 8.31. The van der Waals surface area contributed by atoms with E-state index >= 15 is 0 Å². The van der Waals surface area contributed by atoms with Crippen LogP contribution in [0.1, 0.15) is 33.6 Å². The van der Waals surface area contributed by atoms with E-state index in [0.717, 1.165) is 0 Å². The van der Waals surface area contributed by atoms with Gasteiger partial charge in [-0.25, -0.2) is 10.6 Å². The molecule has 18 heavy (non-hydrogen) atoms. The zero-order valence-corrected chi connectivity index (χ0v) is 11.0. The van der Waals surface area contributed by atoms with Gasteiger partial charge in [0.05, 0.1) is 12.6 Å². The summed E-state index contributed by atoms with van der Waals surface area (Å²) in [6.45, 7) is 5.67. The molecule has 1 fully saturated rings. The molecular weight excluding hydrogens is 238 g/mol. The van der Waals surface area contributed by atoms with Gasteiger partial charge in [-0.1, -0.05) is 0 Å². The van der Waals surface area contributed by atoms with Gasteiger partial charge in [-0.15, -0.1) is 0 Å². The Kier molecular flexibility index (Phi) is 4.92. The smallest absolute Gasteiger partial charge is 0.407 e. The van der Waals surface area contributed by atoms with E-state index in [0.29, 0.717) is 12.8 Å². The number of alkyl carbamates (subject to hydrolysis) is 1. The van der Waals surface area contributed by atoms with E-state index in [1.165, 1.54) is 0 Å². The molecule has 1 saturated heterocycles. The van der Waals surface area contributed by atoms with Crippen molar-refractivity contribution in [1.82, 2.24) is 10.7 Å². The molecule has 1 heterocycles. The van der Waals surface area contributed by atoms with Crippen molar-refractivity contribution in [2.24, 2.45) is 5.84 Å². The Morgan fingerprint density at radius 3 is 2.44 bits per heavy atom. The maximum absolute atomic E-state index is 11.5. The number of carbonyl (C=O) groups excluding carboxylic acids is 2. The molecule has 0 aromatic carbocycles. The van der Waals surface area contributed by atoms with Gasteiger partial charge in [0.1, 0.15) is 11.7 Å². The predicted octanol–water partition coefficient (Wildman–Crippen LogP) is 0.0486. The number of rotatable bonds is 2. The van der Waals surface area contributed by atoms with Crippen molar-refractivity contribution in [1.29, 1.82) is 0 Å². The minimum absolute atomic E-state index is 0.137. The summed E-state index contributed by atoms with van der Waals surface area (Å²) >= 11 is 0. The molecule has 1 aliphatic rings. The molecule has 0 unspecified atom stereocenters. The van der Waals surface area contributed by atoms with Gasteiger partial charge in [0, 0.05) is 0 Å². The van der Waals surface area contributed by atoms with E-state index in [1.807, 2.05) is 5.43 Å². The summed E-state index contributed by atoms with van der Waals surface area (Å²) in [5, 5.41) is 2.70. The molecule has 7 heteroatoms. The number of nitrogens with two attached hydrogens (primary N) is 1. The summed E-state index contributed by atoms with van der Waals surface area (Å²) < 4.78 is 10.4. The number of carbonyl (C=O) groups is 2. The first-order valence-corrected chi connectivity index (χ1v) is 5.93. The molecule has 7 nitrogen and oxygen atoms in total. The third-order valence-corrected chi connectivity index (χ3v) is 2.43. The molecule has 0 aromatic heterocycles. The third-order valence-electron chi connectivity index (χ3n) is 2.43. The van der Waals surface area contributed by atoms with E-state index in [4.69, 9.17) is 15.3 Å². The van der Waals surface area contributed by atoms with Crippen LogP contribution >= 0.6 is 0 Å². The van der Waals surface area contributed by atoms with Crippen LogP contribution in [0, 0.1) is 0 Å². The van der Waals surface area contributed by atoms with Gasteiger partial charge in [-0.05, 0) is 33.6 Å². The summed E-state index contributed by atoms with van der Waals surface area (Å²) in [7, 11) is 0. The minimum Gasteiger partial charge on any atom is -0.444 e. The number of ether oxygens (including phenoxy) is 2. The van der Waals surface area contributed by atoms with E-state index in [-0.39, 0.29) is 18.6 Å². The second-order valence-electron chi connectivity index (χ2n) is 5.25. The van der Waals surface area contributed by atoms with Gasteiger partial charge in [0.15, 0.2) is 0 Å². The summed E-state index contributed by atoms with van der Waals surface area (Å²) in [6.07, 6.45) is 0.158. The lowest BCUT2D eigenvalue weighted by Gasteiger charge is -2.29. The van der Waals surface area contributed by atoms with Crippen LogP contribution in [-0.4, -0.2) is 36.4 Å². The number of nitrogens with one attached hydrogen (secondary N) is 2. The SMILES string of the molecule is CC(C)(C)OC(=O)N[C@@H]1CC[C@@H](C(=O)NN)OC1. The first-order valence-electron chi connectivity index (χ1n) is 5.93. The largest absolute Gasteiger partial charge is 0.444 e. The highest BCUT2D eigenvalue weighted by molar-refractivity contribution is 5.80. The molecule has 0 radical (unpaired) electrons. The van der Waals surface area contributed by atoms with Crippen LogP contribution in [0.15, 0.2) is 0 Å². The first kappa shape index (κ1) is 14.7. The summed E-state index contributed by atoms with van der Waals surface area (Å²) in [4.78, 5) is 22.7. The Hall–Kier alpha value is -1.34. The quantitative estimate of drug-likeness (QED) is 0.369. The number of amides is 2. The summed E-state index contributed by atoms with van der Waals surface area (Å²) in [5.41, 5.74) is 1.52. The lowest BCUT2D eigenvalue weighted by atomic mass is 10.0. The van der Waals surface area contributed by atoms with Crippen molar-refractivity contribution < 1.29 is 19.1 Å². The highest BCUT2D eigenvalue weighted by Gasteiger charge is 2.28. The lowest BCUT2D eigenvalue weighted by Crippen LogP contribution is -2.49. The topological polar surface area (TPSA) is 103 Å². The zero-order chi connectivity index (χ0) is 13.8. The second kappa shape index (κ2) is 6.01. The molecule has 2 amide bonds. The standard InChI is InChI=1S/C11H21N3O4/c1-11(2,3)18-10(16)13-7-4-5-8(17-6-7)9(15)14-12/h7-8H,4-6,12H2,1-3H3,(H,13,16)(H,14,15)/t7-,8+/m1/s1. The zero-order valence-electron chi connectivity index (χ0n) is 11.0. The van der Waals surface area contributed by atoms with Crippen LogP contribution in [0.5, 0.6) is 0 Å². The van der Waals surface area contributed by atoms with E-state index in [9.17, 15) is 9.59 Å². The molecular formula is C11H21N3O4. The van der Waals surface area contributed by atoms with Crippen molar-refractivity contribution in [2.75, 3.05) is 6.61 Å². The molecule has 0 bridgehead atoms. The van der Waals surface area contributed by atoms with E-state index < -0.39 is 17.8 Å². The predicted molar refractivity (Wildman–Crippen MR) is 64.5 cm³/mol. The van der Waals surface area contributed by atoms with Crippen LogP contribution in [0.3, 0.4) is 0 Å². The molecule has 0 aromatic rings. The fraction of sp³-hybridized carbons (Fsp3) is 0.818. The molecule has 1 rings (SSSR count). The normalized spacial score (nSPS) is 24.2. The highest BCUT2D eigenvalue weighted by Crippen LogP contribution is 2.14. The van der Waals surface area contributed by atoms with Gasteiger partial charge in [0.2, 0.25) is 0 Å². The number of hydrazine groups is 1. The molecule has 0 spiro atoms. The van der Waals surface area contributed by atoms with Gasteiger partial charge >= 0.3 is 6.09 Å². The Balaban J connectivity index is 2.31. The summed E-state index contributed by atoms with van der Waals surface area (Å²) in [5.74, 6) is 4.68. The maximum Gasteiger partial charge on any atom is 0.407 e. The van der Waals surface area contributed by atoms with Crippen LogP contribution in [0.2, 0.25) is 0 Å². The van der Waals surface area contributed by atoms with Crippen LogP contribution < -0.4 is 16.6 Å². The van der Waals surface area contributed by atoms with Crippen LogP contribution in [0.25, 0.3) is 0 Å². The van der Waals surface area contributed by atoms with Crippen molar-refractivity contribution in [2.45, 2.75) is 51.4 Å². The third kappa shape index (κ3) is 4.89. The van der Waals surface area contributed by atoms with Gasteiger partial charge in [-0.3, -0.25) is 10.2 Å². The lowest BCUT2D eigenvalue weighted by molar-refractivity contribution is -0.136. The average Bonchev–Trinajstić information content (AvgIpc) is 2.26. The molecule has 1 aliphatic heterocycles. The van der Waals surface area contributed by atoms with Crippen molar-refractivity contribution in [3.8, 4) is 0 Å². The maximum atomic E-state index is 11.5. The number of hydrogen-bond donors (Lipinski definition) is 3. The summed E-state index contributed by atoms with van der Waals surface area (Å²) in [6, 6.07) is -0.137. The Morgan fingerprint density at radius 1 is 1.33 bits per heavy atom.